The van der Waals surface area contributed by atoms with Crippen LogP contribution in [-0.4, -0.2) is 31.9 Å². The molecule has 1 aliphatic rings. The molecule has 1 aliphatic heterocycles. The number of sulfone groups is 1. The minimum absolute atomic E-state index is 0.0234. The van der Waals surface area contributed by atoms with Crippen molar-refractivity contribution in [3.63, 3.8) is 0 Å². The Morgan fingerprint density at radius 2 is 2.26 bits per heavy atom. The summed E-state index contributed by atoms with van der Waals surface area (Å²) >= 11 is 0. The number of aliphatic hydroxyl groups is 1. The van der Waals surface area contributed by atoms with Gasteiger partial charge in [-0.3, -0.25) is 0 Å². The molecule has 1 aromatic rings. The second-order valence-electron chi connectivity index (χ2n) is 4.80. The molecule has 0 saturated heterocycles. The fourth-order valence-corrected chi connectivity index (χ4v) is 3.97. The van der Waals surface area contributed by atoms with Gasteiger partial charge in [0.2, 0.25) is 0 Å². The highest BCUT2D eigenvalue weighted by atomic mass is 32.2. The molecule has 1 heterocycles. The molecule has 106 valence electrons. The molecule has 4 nitrogen and oxygen atoms in total. The number of hydrogen-bond donors (Lipinski definition) is 2. The van der Waals surface area contributed by atoms with E-state index in [1.54, 1.807) is 0 Å². The number of fused-ring (bicyclic) bond motifs is 1. The third-order valence-corrected chi connectivity index (χ3v) is 5.32. The van der Waals surface area contributed by atoms with Gasteiger partial charge in [-0.2, -0.15) is 0 Å². The Morgan fingerprint density at radius 1 is 1.53 bits per heavy atom. The predicted octanol–water partition coefficient (Wildman–Crippen LogP) is 1.40. The first kappa shape index (κ1) is 14.4. The molecule has 0 aromatic heterocycles. The summed E-state index contributed by atoms with van der Waals surface area (Å²) < 4.78 is 37.3. The van der Waals surface area contributed by atoms with Gasteiger partial charge in [0.1, 0.15) is 5.82 Å². The van der Waals surface area contributed by atoms with E-state index < -0.39 is 15.7 Å². The summed E-state index contributed by atoms with van der Waals surface area (Å²) in [5.74, 6) is -0.398. The van der Waals surface area contributed by atoms with Crippen LogP contribution in [0.5, 0.6) is 0 Å². The maximum atomic E-state index is 13.3. The van der Waals surface area contributed by atoms with E-state index in [2.05, 4.69) is 5.32 Å². The van der Waals surface area contributed by atoms with E-state index in [0.717, 1.165) is 6.42 Å². The van der Waals surface area contributed by atoms with E-state index in [-0.39, 0.29) is 29.3 Å². The molecule has 2 N–H and O–H groups in total. The molecule has 0 bridgehead atoms. The Morgan fingerprint density at radius 3 is 2.89 bits per heavy atom. The monoisotopic (exact) mass is 287 g/mol. The number of halogens is 1. The first-order valence-corrected chi connectivity index (χ1v) is 8.02. The van der Waals surface area contributed by atoms with E-state index in [4.69, 9.17) is 0 Å². The molecule has 19 heavy (non-hydrogen) atoms. The van der Waals surface area contributed by atoms with Crippen LogP contribution in [0.1, 0.15) is 31.4 Å². The van der Waals surface area contributed by atoms with Gasteiger partial charge in [-0.05, 0) is 36.6 Å². The van der Waals surface area contributed by atoms with Crippen molar-refractivity contribution in [2.45, 2.75) is 36.7 Å². The summed E-state index contributed by atoms with van der Waals surface area (Å²) in [7, 11) is -3.31. The number of benzene rings is 1. The van der Waals surface area contributed by atoms with Gasteiger partial charge in [0.05, 0.1) is 17.3 Å². The average Bonchev–Trinajstić information content (AvgIpc) is 2.38. The largest absolute Gasteiger partial charge is 0.395 e. The van der Waals surface area contributed by atoms with Gasteiger partial charge in [0.15, 0.2) is 9.84 Å². The SMILES string of the molecule is CCC(CO)NC1CCS(=O)(=O)c2ccc(F)cc21. The highest BCUT2D eigenvalue weighted by molar-refractivity contribution is 7.91. The molecule has 0 fully saturated rings. The number of rotatable bonds is 4. The summed E-state index contributed by atoms with van der Waals surface area (Å²) in [5.41, 5.74) is 0.471. The Labute approximate surface area is 112 Å². The van der Waals surface area contributed by atoms with Crippen LogP contribution in [0.25, 0.3) is 0 Å². The molecule has 1 aromatic carbocycles. The van der Waals surface area contributed by atoms with Gasteiger partial charge in [0.25, 0.3) is 0 Å². The Bertz CT molecular complexity index is 555. The summed E-state index contributed by atoms with van der Waals surface area (Å²) in [6.07, 6.45) is 1.12. The van der Waals surface area contributed by atoms with Crippen LogP contribution in [0.15, 0.2) is 23.1 Å². The van der Waals surface area contributed by atoms with Crippen molar-refractivity contribution in [2.24, 2.45) is 0 Å². The van der Waals surface area contributed by atoms with Gasteiger partial charge in [-0.25, -0.2) is 12.8 Å². The van der Waals surface area contributed by atoms with Gasteiger partial charge >= 0.3 is 0 Å². The maximum absolute atomic E-state index is 13.3. The summed E-state index contributed by atoms with van der Waals surface area (Å²) in [4.78, 5) is 0.199. The first-order valence-electron chi connectivity index (χ1n) is 6.37. The van der Waals surface area contributed by atoms with Gasteiger partial charge in [-0.15, -0.1) is 0 Å². The minimum Gasteiger partial charge on any atom is -0.395 e. The lowest BCUT2D eigenvalue weighted by atomic mass is 10.0. The van der Waals surface area contributed by atoms with E-state index in [0.29, 0.717) is 12.0 Å². The van der Waals surface area contributed by atoms with Gasteiger partial charge < -0.3 is 10.4 Å². The Kier molecular flexibility index (Phi) is 4.23. The van der Waals surface area contributed by atoms with Crippen LogP contribution in [0.4, 0.5) is 4.39 Å². The number of hydrogen-bond acceptors (Lipinski definition) is 4. The van der Waals surface area contributed by atoms with Crippen molar-refractivity contribution in [1.29, 1.82) is 0 Å². The first-order chi connectivity index (χ1) is 8.97. The highest BCUT2D eigenvalue weighted by Gasteiger charge is 2.31. The highest BCUT2D eigenvalue weighted by Crippen LogP contribution is 2.33. The van der Waals surface area contributed by atoms with E-state index in [1.807, 2.05) is 6.92 Å². The molecule has 0 aliphatic carbocycles. The lowest BCUT2D eigenvalue weighted by Crippen LogP contribution is -2.38. The molecular formula is C13H18FNO3S. The zero-order chi connectivity index (χ0) is 14.0. The summed E-state index contributed by atoms with van der Waals surface area (Å²) in [6.45, 7) is 1.91. The third-order valence-electron chi connectivity index (χ3n) is 3.51. The molecule has 2 rings (SSSR count). The molecule has 0 amide bonds. The summed E-state index contributed by atoms with van der Waals surface area (Å²) in [6, 6.07) is 3.43. The van der Waals surface area contributed by atoms with Crippen LogP contribution in [0, 0.1) is 5.82 Å². The van der Waals surface area contributed by atoms with Crippen LogP contribution in [-0.2, 0) is 9.84 Å². The minimum atomic E-state index is -3.31. The molecule has 0 radical (unpaired) electrons. The van der Waals surface area contributed by atoms with Gasteiger partial charge in [0, 0.05) is 12.1 Å². The van der Waals surface area contributed by atoms with Crippen molar-refractivity contribution in [3.8, 4) is 0 Å². The van der Waals surface area contributed by atoms with Crippen molar-refractivity contribution in [1.82, 2.24) is 5.32 Å². The fourth-order valence-electron chi connectivity index (χ4n) is 2.37. The number of nitrogens with one attached hydrogen (secondary N) is 1. The zero-order valence-corrected chi connectivity index (χ0v) is 11.6. The van der Waals surface area contributed by atoms with Gasteiger partial charge in [-0.1, -0.05) is 6.92 Å². The lowest BCUT2D eigenvalue weighted by Gasteiger charge is -2.29. The maximum Gasteiger partial charge on any atom is 0.178 e. The fraction of sp³-hybridized carbons (Fsp3) is 0.538. The standard InChI is InChI=1S/C13H18FNO3S/c1-2-10(8-16)15-12-5-6-19(17,18)13-4-3-9(14)7-11(12)13/h3-4,7,10,12,15-16H,2,5-6,8H2,1H3. The third kappa shape index (κ3) is 2.96. The van der Waals surface area contributed by atoms with Crippen LogP contribution >= 0.6 is 0 Å². The van der Waals surface area contributed by atoms with Crippen LogP contribution in [0.3, 0.4) is 0 Å². The molecule has 0 spiro atoms. The van der Waals surface area contributed by atoms with Crippen molar-refractivity contribution >= 4 is 9.84 Å². The Hall–Kier alpha value is -0.980. The van der Waals surface area contributed by atoms with Crippen LogP contribution < -0.4 is 5.32 Å². The smallest absolute Gasteiger partial charge is 0.178 e. The molecular weight excluding hydrogens is 269 g/mol. The van der Waals surface area contributed by atoms with Crippen molar-refractivity contribution in [2.75, 3.05) is 12.4 Å². The quantitative estimate of drug-likeness (QED) is 0.822. The van der Waals surface area contributed by atoms with Crippen molar-refractivity contribution < 1.29 is 17.9 Å². The zero-order valence-electron chi connectivity index (χ0n) is 10.8. The van der Waals surface area contributed by atoms with E-state index in [1.165, 1.54) is 18.2 Å². The molecule has 2 unspecified atom stereocenters. The predicted molar refractivity (Wildman–Crippen MR) is 70.1 cm³/mol. The second kappa shape index (κ2) is 5.56. The van der Waals surface area contributed by atoms with Crippen LogP contribution in [0.2, 0.25) is 0 Å². The average molecular weight is 287 g/mol. The topological polar surface area (TPSA) is 66.4 Å². The normalized spacial score (nSPS) is 22.8. The van der Waals surface area contributed by atoms with E-state index in [9.17, 15) is 17.9 Å². The number of aliphatic hydroxyl groups excluding tert-OH is 1. The molecule has 6 heteroatoms. The Balaban J connectivity index is 2.37. The second-order valence-corrected chi connectivity index (χ2v) is 6.87. The molecule has 2 atom stereocenters. The lowest BCUT2D eigenvalue weighted by molar-refractivity contribution is 0.225. The molecule has 0 saturated carbocycles. The van der Waals surface area contributed by atoms with E-state index >= 15 is 0 Å². The summed E-state index contributed by atoms with van der Waals surface area (Å²) in [5, 5.41) is 12.4. The van der Waals surface area contributed by atoms with Crippen molar-refractivity contribution in [3.05, 3.63) is 29.6 Å².